The highest BCUT2D eigenvalue weighted by atomic mass is 35.5. The van der Waals surface area contributed by atoms with Crippen molar-refractivity contribution in [1.82, 2.24) is 4.90 Å². The molecule has 108 valence electrons. The van der Waals surface area contributed by atoms with Crippen LogP contribution < -0.4 is 0 Å². The molecular formula is C16H20ClNOS. The molecule has 1 aromatic heterocycles. The van der Waals surface area contributed by atoms with Gasteiger partial charge < -0.3 is 5.11 Å². The first kappa shape index (κ1) is 14.3. The van der Waals surface area contributed by atoms with E-state index in [2.05, 4.69) is 24.1 Å². The van der Waals surface area contributed by atoms with Crippen LogP contribution in [0.2, 0.25) is 5.02 Å². The lowest BCUT2D eigenvalue weighted by atomic mass is 9.91. The van der Waals surface area contributed by atoms with Gasteiger partial charge in [0.05, 0.1) is 11.1 Å². The normalized spacial score (nSPS) is 23.6. The third-order valence-corrected chi connectivity index (χ3v) is 5.95. The summed E-state index contributed by atoms with van der Waals surface area (Å²) in [5.41, 5.74) is 0. The van der Waals surface area contributed by atoms with E-state index in [0.717, 1.165) is 36.2 Å². The summed E-state index contributed by atoms with van der Waals surface area (Å²) >= 11 is 8.26. The van der Waals surface area contributed by atoms with E-state index in [1.165, 1.54) is 16.0 Å². The van der Waals surface area contributed by atoms with Gasteiger partial charge >= 0.3 is 0 Å². The molecular weight excluding hydrogens is 290 g/mol. The number of rotatable bonds is 3. The van der Waals surface area contributed by atoms with Crippen molar-refractivity contribution in [3.05, 3.63) is 34.2 Å². The number of thiophene rings is 1. The number of benzene rings is 1. The summed E-state index contributed by atoms with van der Waals surface area (Å²) in [5, 5.41) is 12.2. The van der Waals surface area contributed by atoms with E-state index in [1.807, 2.05) is 12.1 Å². The smallest absolute Gasteiger partial charge is 0.0695 e. The van der Waals surface area contributed by atoms with Gasteiger partial charge in [0.25, 0.3) is 0 Å². The van der Waals surface area contributed by atoms with Gasteiger partial charge in [-0.2, -0.15) is 0 Å². The zero-order valence-corrected chi connectivity index (χ0v) is 13.3. The highest BCUT2D eigenvalue weighted by Gasteiger charge is 2.27. The molecule has 1 aliphatic carbocycles. The zero-order valence-electron chi connectivity index (χ0n) is 11.7. The van der Waals surface area contributed by atoms with E-state index >= 15 is 0 Å². The fourth-order valence-electron chi connectivity index (χ4n) is 3.12. The highest BCUT2D eigenvalue weighted by Crippen LogP contribution is 2.36. The van der Waals surface area contributed by atoms with Crippen LogP contribution in [0.1, 0.15) is 30.6 Å². The molecule has 2 nitrogen and oxygen atoms in total. The number of halogens is 1. The third kappa shape index (κ3) is 2.73. The van der Waals surface area contributed by atoms with Crippen LogP contribution in [-0.4, -0.2) is 29.2 Å². The van der Waals surface area contributed by atoms with Gasteiger partial charge in [-0.15, -0.1) is 11.3 Å². The van der Waals surface area contributed by atoms with Gasteiger partial charge in [0.1, 0.15) is 0 Å². The molecule has 1 fully saturated rings. The standard InChI is InChI=1S/C16H20ClNOS/c1-18(12-7-3-4-8-13(12)19)10-15-16(17)11-6-2-5-9-14(11)20-15/h2,5-6,9,12-13,19H,3-4,7-8,10H2,1H3. The Bertz CT molecular complexity index is 597. The molecule has 1 aliphatic rings. The van der Waals surface area contributed by atoms with E-state index in [0.29, 0.717) is 0 Å². The van der Waals surface area contributed by atoms with Crippen molar-refractivity contribution in [1.29, 1.82) is 0 Å². The minimum absolute atomic E-state index is 0.193. The molecule has 0 saturated heterocycles. The van der Waals surface area contributed by atoms with E-state index in [9.17, 15) is 5.11 Å². The minimum atomic E-state index is -0.193. The summed E-state index contributed by atoms with van der Waals surface area (Å²) in [6.45, 7) is 0.819. The largest absolute Gasteiger partial charge is 0.391 e. The van der Waals surface area contributed by atoms with Gasteiger partial charge in [0.2, 0.25) is 0 Å². The van der Waals surface area contributed by atoms with Crippen LogP contribution in [0.5, 0.6) is 0 Å². The van der Waals surface area contributed by atoms with Crippen LogP contribution in [-0.2, 0) is 6.54 Å². The third-order valence-electron chi connectivity index (χ3n) is 4.25. The predicted octanol–water partition coefficient (Wildman–Crippen LogP) is 4.29. The van der Waals surface area contributed by atoms with Crippen LogP contribution in [0.25, 0.3) is 10.1 Å². The van der Waals surface area contributed by atoms with E-state index in [-0.39, 0.29) is 12.1 Å². The van der Waals surface area contributed by atoms with Crippen molar-refractivity contribution in [2.75, 3.05) is 7.05 Å². The van der Waals surface area contributed by atoms with E-state index in [4.69, 9.17) is 11.6 Å². The lowest BCUT2D eigenvalue weighted by Crippen LogP contribution is -2.42. The first-order chi connectivity index (χ1) is 9.66. The van der Waals surface area contributed by atoms with Crippen LogP contribution in [0, 0.1) is 0 Å². The first-order valence-electron chi connectivity index (χ1n) is 7.21. The molecule has 0 aliphatic heterocycles. The second-order valence-electron chi connectivity index (χ2n) is 5.67. The van der Waals surface area contributed by atoms with Crippen molar-refractivity contribution in [3.63, 3.8) is 0 Å². The molecule has 1 N–H and O–H groups in total. The minimum Gasteiger partial charge on any atom is -0.391 e. The van der Waals surface area contributed by atoms with Crippen LogP contribution in [0.3, 0.4) is 0 Å². The Kier molecular flexibility index (Phi) is 4.32. The lowest BCUT2D eigenvalue weighted by Gasteiger charge is -2.35. The van der Waals surface area contributed by atoms with Gasteiger partial charge in [0.15, 0.2) is 0 Å². The van der Waals surface area contributed by atoms with Crippen molar-refractivity contribution in [3.8, 4) is 0 Å². The molecule has 2 unspecified atom stereocenters. The van der Waals surface area contributed by atoms with Gasteiger partial charge in [-0.3, -0.25) is 4.90 Å². The maximum absolute atomic E-state index is 10.2. The molecule has 1 aromatic carbocycles. The summed E-state index contributed by atoms with van der Waals surface area (Å²) < 4.78 is 1.24. The van der Waals surface area contributed by atoms with E-state index in [1.54, 1.807) is 11.3 Å². The van der Waals surface area contributed by atoms with Crippen molar-refractivity contribution in [2.24, 2.45) is 0 Å². The second-order valence-corrected chi connectivity index (χ2v) is 7.18. The number of hydrogen-bond donors (Lipinski definition) is 1. The monoisotopic (exact) mass is 309 g/mol. The quantitative estimate of drug-likeness (QED) is 0.914. The molecule has 2 aromatic rings. The van der Waals surface area contributed by atoms with Crippen molar-refractivity contribution < 1.29 is 5.11 Å². The van der Waals surface area contributed by atoms with Gasteiger partial charge in [-0.1, -0.05) is 42.6 Å². The SMILES string of the molecule is CN(Cc1sc2ccccc2c1Cl)C1CCCCC1O. The summed E-state index contributed by atoms with van der Waals surface area (Å²) in [7, 11) is 2.10. The molecule has 0 radical (unpaired) electrons. The van der Waals surface area contributed by atoms with Gasteiger partial charge in [0, 0.05) is 27.5 Å². The average molecular weight is 310 g/mol. The number of likely N-dealkylation sites (N-methyl/N-ethyl adjacent to an activating group) is 1. The van der Waals surface area contributed by atoms with Crippen LogP contribution in [0.15, 0.2) is 24.3 Å². The fraction of sp³-hybridized carbons (Fsp3) is 0.500. The van der Waals surface area contributed by atoms with Crippen LogP contribution in [0.4, 0.5) is 0 Å². The van der Waals surface area contributed by atoms with Gasteiger partial charge in [-0.25, -0.2) is 0 Å². The summed E-state index contributed by atoms with van der Waals surface area (Å²) in [5.74, 6) is 0. The first-order valence-corrected chi connectivity index (χ1v) is 8.40. The topological polar surface area (TPSA) is 23.5 Å². The molecule has 1 heterocycles. The second kappa shape index (κ2) is 6.02. The number of fused-ring (bicyclic) bond motifs is 1. The molecule has 1 saturated carbocycles. The van der Waals surface area contributed by atoms with E-state index < -0.39 is 0 Å². The Morgan fingerprint density at radius 3 is 2.80 bits per heavy atom. The number of aliphatic hydroxyl groups excluding tert-OH is 1. The lowest BCUT2D eigenvalue weighted by molar-refractivity contribution is 0.0292. The average Bonchev–Trinajstić information content (AvgIpc) is 2.76. The van der Waals surface area contributed by atoms with Crippen LogP contribution >= 0.6 is 22.9 Å². The Hall–Kier alpha value is -0.610. The Labute approximate surface area is 129 Å². The molecule has 20 heavy (non-hydrogen) atoms. The number of hydrogen-bond acceptors (Lipinski definition) is 3. The molecule has 0 amide bonds. The molecule has 2 atom stereocenters. The van der Waals surface area contributed by atoms with Crippen molar-refractivity contribution >= 4 is 33.0 Å². The number of nitrogens with zero attached hydrogens (tertiary/aromatic N) is 1. The van der Waals surface area contributed by atoms with Crippen molar-refractivity contribution in [2.45, 2.75) is 44.4 Å². The fourth-order valence-corrected chi connectivity index (χ4v) is 4.67. The molecule has 0 bridgehead atoms. The predicted molar refractivity (Wildman–Crippen MR) is 86.6 cm³/mol. The maximum atomic E-state index is 10.2. The summed E-state index contributed by atoms with van der Waals surface area (Å²) in [6, 6.07) is 8.54. The number of aliphatic hydroxyl groups is 1. The maximum Gasteiger partial charge on any atom is 0.0695 e. The molecule has 0 spiro atoms. The Balaban J connectivity index is 1.80. The summed E-state index contributed by atoms with van der Waals surface area (Å²) in [6.07, 6.45) is 4.18. The molecule has 4 heteroatoms. The Morgan fingerprint density at radius 1 is 1.30 bits per heavy atom. The van der Waals surface area contributed by atoms with Gasteiger partial charge in [-0.05, 0) is 26.0 Å². The summed E-state index contributed by atoms with van der Waals surface area (Å²) in [4.78, 5) is 3.47. The zero-order chi connectivity index (χ0) is 14.1. The highest BCUT2D eigenvalue weighted by molar-refractivity contribution is 7.19. The Morgan fingerprint density at radius 2 is 2.05 bits per heavy atom. The molecule has 3 rings (SSSR count).